The van der Waals surface area contributed by atoms with Crippen LogP contribution in [0.5, 0.6) is 17.2 Å². The first-order chi connectivity index (χ1) is 12.5. The van der Waals surface area contributed by atoms with Crippen LogP contribution in [-0.2, 0) is 9.59 Å². The van der Waals surface area contributed by atoms with Crippen LogP contribution < -0.4 is 20.2 Å². The lowest BCUT2D eigenvalue weighted by Gasteiger charge is -2.08. The summed E-state index contributed by atoms with van der Waals surface area (Å²) < 4.78 is 10.4. The molecule has 2 aromatic rings. The van der Waals surface area contributed by atoms with E-state index >= 15 is 0 Å². The number of carbonyl (C=O) groups is 2. The predicted molar refractivity (Wildman–Crippen MR) is 96.6 cm³/mol. The van der Waals surface area contributed by atoms with Gasteiger partial charge in [0.1, 0.15) is 5.75 Å². The van der Waals surface area contributed by atoms with Gasteiger partial charge < -0.3 is 19.9 Å². The Morgan fingerprint density at radius 3 is 2.65 bits per heavy atom. The molecule has 0 saturated carbocycles. The number of hydrogen-bond donors (Lipinski definition) is 3. The molecule has 2 rings (SSSR count). The number of nitrogens with zero attached hydrogens (tertiary/aromatic N) is 1. The lowest BCUT2D eigenvalue weighted by atomic mass is 10.2. The normalized spacial score (nSPS) is 10.4. The van der Waals surface area contributed by atoms with E-state index < -0.39 is 11.8 Å². The van der Waals surface area contributed by atoms with Crippen LogP contribution in [0.2, 0.25) is 0 Å². The lowest BCUT2D eigenvalue weighted by molar-refractivity contribution is -0.136. The second kappa shape index (κ2) is 9.07. The Morgan fingerprint density at radius 1 is 1.15 bits per heavy atom. The zero-order valence-corrected chi connectivity index (χ0v) is 14.4. The summed E-state index contributed by atoms with van der Waals surface area (Å²) in [7, 11) is 1.46. The fraction of sp³-hybridized carbons (Fsp3) is 0.167. The van der Waals surface area contributed by atoms with E-state index in [1.807, 2.05) is 0 Å². The van der Waals surface area contributed by atoms with Crippen LogP contribution >= 0.6 is 0 Å². The number of para-hydroxylation sites is 2. The summed E-state index contributed by atoms with van der Waals surface area (Å²) in [5.41, 5.74) is 3.08. The third-order valence-electron chi connectivity index (χ3n) is 3.22. The topological polar surface area (TPSA) is 109 Å². The summed E-state index contributed by atoms with van der Waals surface area (Å²) in [4.78, 5) is 23.7. The van der Waals surface area contributed by atoms with Crippen molar-refractivity contribution in [2.24, 2.45) is 5.10 Å². The number of hydrazone groups is 1. The van der Waals surface area contributed by atoms with Gasteiger partial charge in [-0.3, -0.25) is 9.59 Å². The summed E-state index contributed by atoms with van der Waals surface area (Å²) >= 11 is 0. The number of nitrogens with one attached hydrogen (secondary N) is 2. The number of hydrogen-bond acceptors (Lipinski definition) is 6. The molecular weight excluding hydrogens is 338 g/mol. The molecule has 0 saturated heterocycles. The number of methoxy groups -OCH3 is 1. The van der Waals surface area contributed by atoms with E-state index in [4.69, 9.17) is 9.47 Å². The summed E-state index contributed by atoms with van der Waals surface area (Å²) in [6.45, 7) is 2.19. The van der Waals surface area contributed by atoms with E-state index in [-0.39, 0.29) is 5.75 Å². The fourth-order valence-electron chi connectivity index (χ4n) is 2.03. The second-order valence-corrected chi connectivity index (χ2v) is 5.01. The first-order valence-electron chi connectivity index (χ1n) is 7.78. The van der Waals surface area contributed by atoms with Crippen LogP contribution in [0.4, 0.5) is 5.69 Å². The van der Waals surface area contributed by atoms with Crippen LogP contribution in [-0.4, -0.2) is 36.9 Å². The molecule has 0 heterocycles. The second-order valence-electron chi connectivity index (χ2n) is 5.01. The number of aromatic hydroxyl groups is 1. The molecule has 136 valence electrons. The maximum absolute atomic E-state index is 11.9. The average molecular weight is 357 g/mol. The Morgan fingerprint density at radius 2 is 1.92 bits per heavy atom. The van der Waals surface area contributed by atoms with Crippen molar-refractivity contribution in [3.63, 3.8) is 0 Å². The molecule has 0 atom stereocenters. The van der Waals surface area contributed by atoms with Crippen molar-refractivity contribution in [1.29, 1.82) is 0 Å². The van der Waals surface area contributed by atoms with Gasteiger partial charge in [0.15, 0.2) is 11.5 Å². The summed E-state index contributed by atoms with van der Waals surface area (Å²) in [5.74, 6) is -1.08. The van der Waals surface area contributed by atoms with Crippen molar-refractivity contribution in [3.05, 3.63) is 48.0 Å². The predicted octanol–water partition coefficient (Wildman–Crippen LogP) is 1.89. The molecule has 0 unspecified atom stereocenters. The largest absolute Gasteiger partial charge is 0.504 e. The van der Waals surface area contributed by atoms with Gasteiger partial charge in [0, 0.05) is 0 Å². The van der Waals surface area contributed by atoms with E-state index in [1.54, 1.807) is 43.3 Å². The van der Waals surface area contributed by atoms with Crippen LogP contribution in [0, 0.1) is 0 Å². The first kappa shape index (κ1) is 18.8. The average Bonchev–Trinajstić information content (AvgIpc) is 2.64. The molecule has 0 spiro atoms. The van der Waals surface area contributed by atoms with Gasteiger partial charge in [0.25, 0.3) is 0 Å². The highest BCUT2D eigenvalue weighted by atomic mass is 16.5. The highest BCUT2D eigenvalue weighted by molar-refractivity contribution is 6.39. The third-order valence-corrected chi connectivity index (χ3v) is 3.22. The lowest BCUT2D eigenvalue weighted by Crippen LogP contribution is -2.32. The van der Waals surface area contributed by atoms with Crippen molar-refractivity contribution in [3.8, 4) is 17.2 Å². The maximum atomic E-state index is 11.9. The number of anilines is 1. The van der Waals surface area contributed by atoms with Crippen molar-refractivity contribution in [2.75, 3.05) is 19.0 Å². The molecule has 26 heavy (non-hydrogen) atoms. The van der Waals surface area contributed by atoms with Crippen molar-refractivity contribution in [1.82, 2.24) is 5.43 Å². The van der Waals surface area contributed by atoms with Gasteiger partial charge in [-0.05, 0) is 42.8 Å². The monoisotopic (exact) mass is 357 g/mol. The van der Waals surface area contributed by atoms with Gasteiger partial charge in [0.05, 0.1) is 25.6 Å². The van der Waals surface area contributed by atoms with E-state index in [0.29, 0.717) is 29.4 Å². The van der Waals surface area contributed by atoms with Gasteiger partial charge in [-0.1, -0.05) is 12.1 Å². The molecule has 0 radical (unpaired) electrons. The van der Waals surface area contributed by atoms with Gasteiger partial charge >= 0.3 is 11.8 Å². The van der Waals surface area contributed by atoms with Crippen LogP contribution in [0.3, 0.4) is 0 Å². The summed E-state index contributed by atoms with van der Waals surface area (Å²) in [6, 6.07) is 11.3. The molecule has 0 fully saturated rings. The molecule has 0 aliphatic rings. The number of rotatable bonds is 6. The molecule has 8 heteroatoms. The molecule has 8 nitrogen and oxygen atoms in total. The zero-order chi connectivity index (χ0) is 18.9. The molecule has 2 amide bonds. The maximum Gasteiger partial charge on any atom is 0.329 e. The minimum atomic E-state index is -0.934. The van der Waals surface area contributed by atoms with Crippen molar-refractivity contribution < 1.29 is 24.2 Å². The third kappa shape index (κ3) is 4.97. The molecule has 0 aliphatic carbocycles. The fourth-order valence-corrected chi connectivity index (χ4v) is 2.03. The van der Waals surface area contributed by atoms with Crippen LogP contribution in [0.15, 0.2) is 47.6 Å². The highest BCUT2D eigenvalue weighted by Gasteiger charge is 2.14. The summed E-state index contributed by atoms with van der Waals surface area (Å²) in [6.07, 6.45) is 1.33. The molecule has 0 aliphatic heterocycles. The van der Waals surface area contributed by atoms with Gasteiger partial charge in [-0.15, -0.1) is 0 Å². The van der Waals surface area contributed by atoms with E-state index in [1.165, 1.54) is 19.4 Å². The van der Waals surface area contributed by atoms with Crippen LogP contribution in [0.1, 0.15) is 12.5 Å². The minimum Gasteiger partial charge on any atom is -0.504 e. The number of benzene rings is 2. The van der Waals surface area contributed by atoms with Gasteiger partial charge in [-0.2, -0.15) is 5.10 Å². The number of phenolic OH excluding ortho intramolecular Hbond substituents is 1. The van der Waals surface area contributed by atoms with Crippen molar-refractivity contribution in [2.45, 2.75) is 6.92 Å². The standard InChI is InChI=1S/C18H19N3O5/c1-3-26-16-10-12(8-9-14(16)22)11-19-21-18(24)17(23)20-13-6-4-5-7-15(13)25-2/h4-11,22H,3H2,1-2H3,(H,20,23)(H,21,24)/b19-11-. The number of ether oxygens (including phenoxy) is 2. The molecule has 3 N–H and O–H groups in total. The number of carbonyl (C=O) groups excluding carboxylic acids is 2. The zero-order valence-electron chi connectivity index (χ0n) is 14.4. The Hall–Kier alpha value is -3.55. The van der Waals surface area contributed by atoms with E-state index in [2.05, 4.69) is 15.8 Å². The van der Waals surface area contributed by atoms with Gasteiger partial charge in [-0.25, -0.2) is 5.43 Å². The minimum absolute atomic E-state index is 0.00391. The SMILES string of the molecule is CCOc1cc(/C=N\NC(=O)C(=O)Nc2ccccc2OC)ccc1O. The quantitative estimate of drug-likeness (QED) is 0.415. The Labute approximate surface area is 150 Å². The molecule has 0 aromatic heterocycles. The summed E-state index contributed by atoms with van der Waals surface area (Å²) in [5, 5.41) is 15.8. The molecular formula is C18H19N3O5. The van der Waals surface area contributed by atoms with E-state index in [0.717, 1.165) is 0 Å². The molecule has 0 bridgehead atoms. The van der Waals surface area contributed by atoms with Crippen LogP contribution in [0.25, 0.3) is 0 Å². The Kier molecular flexibility index (Phi) is 6.55. The Balaban J connectivity index is 1.96. The van der Waals surface area contributed by atoms with Gasteiger partial charge in [0.2, 0.25) is 0 Å². The van der Waals surface area contributed by atoms with Crippen molar-refractivity contribution >= 4 is 23.7 Å². The molecule has 2 aromatic carbocycles. The first-order valence-corrected chi connectivity index (χ1v) is 7.78. The smallest absolute Gasteiger partial charge is 0.329 e. The van der Waals surface area contributed by atoms with E-state index in [9.17, 15) is 14.7 Å². The Bertz CT molecular complexity index is 820. The number of amides is 2. The number of phenols is 1. The highest BCUT2D eigenvalue weighted by Crippen LogP contribution is 2.26.